The quantitative estimate of drug-likeness (QED) is 0.432. The average Bonchev–Trinajstić information content (AvgIpc) is 2.45. The van der Waals surface area contributed by atoms with Gasteiger partial charge in [0.15, 0.2) is 0 Å². The fraction of sp³-hybridized carbons (Fsp3) is 0.900. The summed E-state index contributed by atoms with van der Waals surface area (Å²) < 4.78 is 28.8. The van der Waals surface area contributed by atoms with Gasteiger partial charge in [0.05, 0.1) is 5.84 Å². The van der Waals surface area contributed by atoms with E-state index in [1.165, 1.54) is 0 Å². The van der Waals surface area contributed by atoms with Crippen molar-refractivity contribution in [2.45, 2.75) is 51.6 Å². The molecule has 2 unspecified atom stereocenters. The van der Waals surface area contributed by atoms with Gasteiger partial charge in [-0.1, -0.05) is 6.42 Å². The zero-order chi connectivity index (χ0) is 13.3. The van der Waals surface area contributed by atoms with Crippen molar-refractivity contribution < 1.29 is 8.42 Å². The Hall–Kier alpha value is -0.660. The molecule has 1 aliphatic rings. The molecule has 7 heteroatoms. The molecule has 5 N–H and O–H groups in total. The molecule has 0 heterocycles. The van der Waals surface area contributed by atoms with Gasteiger partial charge in [-0.25, -0.2) is 0 Å². The molecule has 0 radical (unpaired) electrons. The van der Waals surface area contributed by atoms with Crippen LogP contribution in [0, 0.1) is 11.3 Å². The highest BCUT2D eigenvalue weighted by Gasteiger charge is 2.33. The van der Waals surface area contributed by atoms with Gasteiger partial charge in [0.1, 0.15) is 0 Å². The Morgan fingerprint density at radius 2 is 1.94 bits per heavy atom. The van der Waals surface area contributed by atoms with Crippen molar-refractivity contribution >= 4 is 16.0 Å². The van der Waals surface area contributed by atoms with Crippen LogP contribution in [0.25, 0.3) is 0 Å². The number of hydrogen-bond acceptors (Lipinski definition) is 3. The van der Waals surface area contributed by atoms with Crippen LogP contribution < -0.4 is 15.2 Å². The number of rotatable bonds is 4. The zero-order valence-electron chi connectivity index (χ0n) is 10.6. The summed E-state index contributed by atoms with van der Waals surface area (Å²) in [5, 5.41) is 7.43. The van der Waals surface area contributed by atoms with E-state index in [4.69, 9.17) is 11.1 Å². The molecule has 0 amide bonds. The molecule has 1 rings (SSSR count). The molecule has 1 fully saturated rings. The average molecular weight is 262 g/mol. The molecule has 2 atom stereocenters. The summed E-state index contributed by atoms with van der Waals surface area (Å²) >= 11 is 0. The lowest BCUT2D eigenvalue weighted by molar-refractivity contribution is 0.465. The molecular weight excluding hydrogens is 240 g/mol. The molecule has 0 aromatic rings. The monoisotopic (exact) mass is 262 g/mol. The SMILES string of the molecule is CC(C)(C)NS(=O)(=O)NC1CCCC1C(=N)N. The van der Waals surface area contributed by atoms with Crippen LogP contribution in [-0.4, -0.2) is 25.8 Å². The molecular formula is C10H22N4O2S. The summed E-state index contributed by atoms with van der Waals surface area (Å²) in [5.74, 6) is -0.113. The zero-order valence-corrected chi connectivity index (χ0v) is 11.4. The van der Waals surface area contributed by atoms with Crippen molar-refractivity contribution in [2.75, 3.05) is 0 Å². The van der Waals surface area contributed by atoms with Crippen LogP contribution in [-0.2, 0) is 10.2 Å². The highest BCUT2D eigenvalue weighted by Crippen LogP contribution is 2.25. The van der Waals surface area contributed by atoms with Crippen LogP contribution >= 0.6 is 0 Å². The molecule has 0 aromatic carbocycles. The summed E-state index contributed by atoms with van der Waals surface area (Å²) in [6.45, 7) is 5.34. The molecule has 0 aliphatic heterocycles. The Morgan fingerprint density at radius 1 is 1.35 bits per heavy atom. The predicted octanol–water partition coefficient (Wildman–Crippen LogP) is 0.314. The van der Waals surface area contributed by atoms with Crippen molar-refractivity contribution in [1.29, 1.82) is 5.41 Å². The van der Waals surface area contributed by atoms with Gasteiger partial charge in [0.25, 0.3) is 10.2 Å². The van der Waals surface area contributed by atoms with Crippen molar-refractivity contribution in [1.82, 2.24) is 9.44 Å². The van der Waals surface area contributed by atoms with Crippen LogP contribution in [0.4, 0.5) is 0 Å². The summed E-state index contributed by atoms with van der Waals surface area (Å²) in [6.07, 6.45) is 2.40. The van der Waals surface area contributed by atoms with E-state index in [1.807, 2.05) is 0 Å². The minimum atomic E-state index is -3.54. The van der Waals surface area contributed by atoms with Gasteiger partial charge in [-0.3, -0.25) is 5.41 Å². The van der Waals surface area contributed by atoms with Gasteiger partial charge in [0.2, 0.25) is 0 Å². The predicted molar refractivity (Wildman–Crippen MR) is 68.0 cm³/mol. The lowest BCUT2D eigenvalue weighted by Gasteiger charge is -2.24. The van der Waals surface area contributed by atoms with E-state index in [2.05, 4.69) is 9.44 Å². The van der Waals surface area contributed by atoms with Crippen LogP contribution in [0.15, 0.2) is 0 Å². The van der Waals surface area contributed by atoms with Crippen molar-refractivity contribution in [2.24, 2.45) is 11.7 Å². The fourth-order valence-electron chi connectivity index (χ4n) is 2.11. The molecule has 6 nitrogen and oxygen atoms in total. The molecule has 0 saturated heterocycles. The maximum atomic E-state index is 11.8. The summed E-state index contributed by atoms with van der Waals surface area (Å²) in [5.41, 5.74) is 4.94. The van der Waals surface area contributed by atoms with Crippen molar-refractivity contribution in [3.8, 4) is 0 Å². The van der Waals surface area contributed by atoms with E-state index in [0.717, 1.165) is 19.3 Å². The minimum absolute atomic E-state index is 0.0611. The fourth-order valence-corrected chi connectivity index (χ4v) is 3.65. The number of nitrogens with one attached hydrogen (secondary N) is 3. The van der Waals surface area contributed by atoms with E-state index in [-0.39, 0.29) is 17.8 Å². The Morgan fingerprint density at radius 3 is 2.41 bits per heavy atom. The topological polar surface area (TPSA) is 108 Å². The van der Waals surface area contributed by atoms with E-state index in [0.29, 0.717) is 0 Å². The van der Waals surface area contributed by atoms with E-state index in [9.17, 15) is 8.42 Å². The van der Waals surface area contributed by atoms with Crippen LogP contribution in [0.3, 0.4) is 0 Å². The first-order chi connectivity index (χ1) is 7.61. The maximum Gasteiger partial charge on any atom is 0.277 e. The molecule has 1 aliphatic carbocycles. The lowest BCUT2D eigenvalue weighted by atomic mass is 10.0. The summed E-state index contributed by atoms with van der Waals surface area (Å²) in [4.78, 5) is 0. The standard InChI is InChI=1S/C10H22N4O2S/c1-10(2,3)14-17(15,16)13-8-6-4-5-7(8)9(11)12/h7-8,13-14H,4-6H2,1-3H3,(H3,11,12). The summed E-state index contributed by atoms with van der Waals surface area (Å²) in [7, 11) is -3.54. The molecule has 100 valence electrons. The molecule has 0 bridgehead atoms. The first-order valence-corrected chi connectivity index (χ1v) is 7.24. The highest BCUT2D eigenvalue weighted by molar-refractivity contribution is 7.87. The number of hydrogen-bond donors (Lipinski definition) is 4. The summed E-state index contributed by atoms with van der Waals surface area (Å²) in [6, 6.07) is -0.257. The minimum Gasteiger partial charge on any atom is -0.387 e. The van der Waals surface area contributed by atoms with Gasteiger partial charge < -0.3 is 5.73 Å². The van der Waals surface area contributed by atoms with Crippen LogP contribution in [0.2, 0.25) is 0 Å². The second-order valence-electron chi connectivity index (χ2n) is 5.57. The Kier molecular flexibility index (Phi) is 4.16. The molecule has 1 saturated carbocycles. The lowest BCUT2D eigenvalue weighted by Crippen LogP contribution is -2.51. The van der Waals surface area contributed by atoms with Crippen LogP contribution in [0.5, 0.6) is 0 Å². The largest absolute Gasteiger partial charge is 0.387 e. The maximum absolute atomic E-state index is 11.8. The number of amidine groups is 1. The van der Waals surface area contributed by atoms with Gasteiger partial charge in [-0.15, -0.1) is 0 Å². The van der Waals surface area contributed by atoms with Gasteiger partial charge in [-0.2, -0.15) is 17.9 Å². The molecule has 0 spiro atoms. The third-order valence-electron chi connectivity index (χ3n) is 2.66. The smallest absolute Gasteiger partial charge is 0.277 e. The van der Waals surface area contributed by atoms with Crippen molar-refractivity contribution in [3.05, 3.63) is 0 Å². The Bertz CT molecular complexity index is 386. The van der Waals surface area contributed by atoms with E-state index < -0.39 is 15.7 Å². The second-order valence-corrected chi connectivity index (χ2v) is 7.02. The van der Waals surface area contributed by atoms with E-state index >= 15 is 0 Å². The third-order valence-corrected chi connectivity index (χ3v) is 4.16. The Balaban J connectivity index is 2.68. The third kappa shape index (κ3) is 4.61. The number of nitrogens with two attached hydrogens (primary N) is 1. The van der Waals surface area contributed by atoms with Crippen LogP contribution in [0.1, 0.15) is 40.0 Å². The van der Waals surface area contributed by atoms with Gasteiger partial charge in [0, 0.05) is 17.5 Å². The molecule has 17 heavy (non-hydrogen) atoms. The van der Waals surface area contributed by atoms with E-state index in [1.54, 1.807) is 20.8 Å². The highest BCUT2D eigenvalue weighted by atomic mass is 32.2. The van der Waals surface area contributed by atoms with Crippen molar-refractivity contribution in [3.63, 3.8) is 0 Å². The first kappa shape index (κ1) is 14.4. The van der Waals surface area contributed by atoms with Gasteiger partial charge >= 0.3 is 0 Å². The second kappa shape index (κ2) is 4.91. The molecule has 0 aromatic heterocycles. The normalized spacial score (nSPS) is 26.1. The Labute approximate surface area is 103 Å². The first-order valence-electron chi connectivity index (χ1n) is 5.76. The van der Waals surface area contributed by atoms with Gasteiger partial charge in [-0.05, 0) is 33.6 Å².